The number of anilines is 2. The molecule has 3 rings (SSSR count). The number of nitrogens with zero attached hydrogens (tertiary/aromatic N) is 1. The minimum Gasteiger partial charge on any atom is -0.495 e. The highest BCUT2D eigenvalue weighted by atomic mass is 35.5. The van der Waals surface area contributed by atoms with Crippen molar-refractivity contribution in [3.8, 4) is 17.2 Å². The lowest BCUT2D eigenvalue weighted by molar-refractivity contribution is -0.122. The predicted molar refractivity (Wildman–Crippen MR) is 116 cm³/mol. The van der Waals surface area contributed by atoms with E-state index >= 15 is 0 Å². The van der Waals surface area contributed by atoms with Gasteiger partial charge in [-0.15, -0.1) is 0 Å². The first-order chi connectivity index (χ1) is 14.1. The number of ether oxygens (including phenoxy) is 3. The molecule has 162 valence electrons. The molecule has 0 bridgehead atoms. The number of aryl methyl sites for hydroxylation is 1. The van der Waals surface area contributed by atoms with Crippen molar-refractivity contribution in [2.75, 3.05) is 36.6 Å². The van der Waals surface area contributed by atoms with Crippen LogP contribution in [0.1, 0.15) is 12.0 Å². The van der Waals surface area contributed by atoms with E-state index in [4.69, 9.17) is 25.8 Å². The Morgan fingerprint density at radius 2 is 1.90 bits per heavy atom. The van der Waals surface area contributed by atoms with E-state index < -0.39 is 22.0 Å². The Balaban J connectivity index is 1.91. The molecule has 1 amide bonds. The van der Waals surface area contributed by atoms with Gasteiger partial charge < -0.3 is 19.5 Å². The Bertz CT molecular complexity index is 1070. The fourth-order valence-electron chi connectivity index (χ4n) is 3.19. The minimum absolute atomic E-state index is 0.106. The normalized spacial score (nSPS) is 16.2. The molecule has 0 aliphatic carbocycles. The average molecular weight is 455 g/mol. The molecule has 30 heavy (non-hydrogen) atoms. The highest BCUT2D eigenvalue weighted by molar-refractivity contribution is 7.92. The quantitative estimate of drug-likeness (QED) is 0.745. The summed E-state index contributed by atoms with van der Waals surface area (Å²) in [5, 5.41) is 3.10. The fraction of sp³-hybridized carbons (Fsp3) is 0.350. The molecular weight excluding hydrogens is 432 g/mol. The number of carbonyl (C=O) groups is 1. The van der Waals surface area contributed by atoms with E-state index in [0.717, 1.165) is 11.8 Å². The van der Waals surface area contributed by atoms with Crippen LogP contribution in [0.25, 0.3) is 0 Å². The molecule has 0 saturated heterocycles. The summed E-state index contributed by atoms with van der Waals surface area (Å²) in [4.78, 5) is 13.0. The molecule has 1 aliphatic rings. The number of rotatable bonds is 5. The number of benzene rings is 2. The van der Waals surface area contributed by atoms with Crippen LogP contribution >= 0.6 is 11.6 Å². The predicted octanol–water partition coefficient (Wildman–Crippen LogP) is 3.22. The van der Waals surface area contributed by atoms with E-state index in [1.165, 1.54) is 24.6 Å². The van der Waals surface area contributed by atoms with Gasteiger partial charge >= 0.3 is 0 Å². The van der Waals surface area contributed by atoms with Crippen LogP contribution < -0.4 is 23.8 Å². The molecule has 0 fully saturated rings. The lowest BCUT2D eigenvalue weighted by Crippen LogP contribution is -2.36. The summed E-state index contributed by atoms with van der Waals surface area (Å²) in [6.07, 6.45) is 0.383. The molecular formula is C20H23ClN2O6S. The van der Waals surface area contributed by atoms with Crippen LogP contribution in [0.3, 0.4) is 0 Å². The Hall–Kier alpha value is -2.65. The zero-order valence-corrected chi connectivity index (χ0v) is 18.6. The number of amides is 1. The summed E-state index contributed by atoms with van der Waals surface area (Å²) in [5.41, 5.74) is 1.66. The molecule has 2 aromatic carbocycles. The van der Waals surface area contributed by atoms with Crippen LogP contribution in [0.2, 0.25) is 5.02 Å². The summed E-state index contributed by atoms with van der Waals surface area (Å²) in [5.74, 6) is 0.610. The maximum Gasteiger partial charge on any atom is 0.265 e. The van der Waals surface area contributed by atoms with Gasteiger partial charge in [0.05, 0.1) is 36.9 Å². The third kappa shape index (κ3) is 4.57. The van der Waals surface area contributed by atoms with E-state index in [1.54, 1.807) is 24.3 Å². The Morgan fingerprint density at radius 1 is 1.20 bits per heavy atom. The monoisotopic (exact) mass is 454 g/mol. The smallest absolute Gasteiger partial charge is 0.265 e. The Morgan fingerprint density at radius 3 is 2.53 bits per heavy atom. The minimum atomic E-state index is -3.54. The van der Waals surface area contributed by atoms with Crippen molar-refractivity contribution in [1.29, 1.82) is 0 Å². The van der Waals surface area contributed by atoms with E-state index in [-0.39, 0.29) is 13.0 Å². The van der Waals surface area contributed by atoms with Crippen molar-refractivity contribution in [3.63, 3.8) is 0 Å². The molecule has 0 radical (unpaired) electrons. The molecule has 0 aromatic heterocycles. The first-order valence-electron chi connectivity index (χ1n) is 9.11. The third-order valence-corrected chi connectivity index (χ3v) is 6.15. The van der Waals surface area contributed by atoms with Crippen LogP contribution in [0.5, 0.6) is 17.2 Å². The standard InChI is InChI=1S/C20H23ClN2O6S/c1-12-5-6-16-15(9-12)23(30(4,25)26)8-7-17(29-16)20(24)22-14-11-18(27-2)13(21)10-19(14)28-3/h5-6,9-11,17H,7-8H2,1-4H3,(H,22,24)/t17-/m0/s1. The topological polar surface area (TPSA) is 94.2 Å². The fourth-order valence-corrected chi connectivity index (χ4v) is 4.36. The van der Waals surface area contributed by atoms with Gasteiger partial charge in [-0.1, -0.05) is 17.7 Å². The number of hydrogen-bond donors (Lipinski definition) is 1. The summed E-state index contributed by atoms with van der Waals surface area (Å²) in [6.45, 7) is 1.96. The second kappa shape index (κ2) is 8.61. The maximum absolute atomic E-state index is 13.0. The number of nitrogens with one attached hydrogen (secondary N) is 1. The van der Waals surface area contributed by atoms with Gasteiger partial charge in [-0.05, 0) is 24.6 Å². The molecule has 1 atom stereocenters. The van der Waals surface area contributed by atoms with Crippen LogP contribution in [0.4, 0.5) is 11.4 Å². The molecule has 0 saturated carbocycles. The molecule has 10 heteroatoms. The van der Waals surface area contributed by atoms with E-state index in [2.05, 4.69) is 5.32 Å². The van der Waals surface area contributed by atoms with Gasteiger partial charge in [0.1, 0.15) is 17.2 Å². The number of methoxy groups -OCH3 is 2. The molecule has 8 nitrogen and oxygen atoms in total. The second-order valence-corrected chi connectivity index (χ2v) is 9.19. The van der Waals surface area contributed by atoms with Gasteiger partial charge in [0, 0.05) is 25.1 Å². The zero-order chi connectivity index (χ0) is 22.1. The number of hydrogen-bond acceptors (Lipinski definition) is 6. The van der Waals surface area contributed by atoms with E-state index in [9.17, 15) is 13.2 Å². The summed E-state index contributed by atoms with van der Waals surface area (Å²) in [7, 11) is -0.620. The van der Waals surface area contributed by atoms with E-state index in [1.807, 2.05) is 6.92 Å². The first-order valence-corrected chi connectivity index (χ1v) is 11.3. The third-order valence-electron chi connectivity index (χ3n) is 4.67. The molecule has 1 aliphatic heterocycles. The van der Waals surface area contributed by atoms with Crippen molar-refractivity contribution in [2.45, 2.75) is 19.4 Å². The zero-order valence-electron chi connectivity index (χ0n) is 17.1. The van der Waals surface area contributed by atoms with Crippen LogP contribution in [-0.2, 0) is 14.8 Å². The summed E-state index contributed by atoms with van der Waals surface area (Å²) in [6, 6.07) is 8.28. The van der Waals surface area contributed by atoms with Gasteiger partial charge in [0.25, 0.3) is 5.91 Å². The molecule has 1 heterocycles. The largest absolute Gasteiger partial charge is 0.495 e. The Kier molecular flexibility index (Phi) is 6.33. The van der Waals surface area contributed by atoms with Crippen molar-refractivity contribution in [3.05, 3.63) is 40.9 Å². The maximum atomic E-state index is 13.0. The molecule has 0 spiro atoms. The van der Waals surface area contributed by atoms with Crippen LogP contribution in [0, 0.1) is 6.92 Å². The number of carbonyl (C=O) groups excluding carboxylic acids is 1. The molecule has 2 aromatic rings. The van der Waals surface area contributed by atoms with Gasteiger partial charge in [-0.25, -0.2) is 8.42 Å². The summed E-state index contributed by atoms with van der Waals surface area (Å²) < 4.78 is 42.2. The van der Waals surface area contributed by atoms with Gasteiger partial charge in [0.15, 0.2) is 6.10 Å². The number of fused-ring (bicyclic) bond motifs is 1. The van der Waals surface area contributed by atoms with Crippen LogP contribution in [0.15, 0.2) is 30.3 Å². The van der Waals surface area contributed by atoms with Gasteiger partial charge in [0.2, 0.25) is 10.0 Å². The van der Waals surface area contributed by atoms with Crippen LogP contribution in [-0.4, -0.2) is 47.4 Å². The van der Waals surface area contributed by atoms with Crippen molar-refractivity contribution in [2.24, 2.45) is 0 Å². The summed E-state index contributed by atoms with van der Waals surface area (Å²) >= 11 is 6.11. The van der Waals surface area contributed by atoms with Gasteiger partial charge in [-0.2, -0.15) is 0 Å². The number of sulfonamides is 1. The SMILES string of the molecule is COc1cc(NC(=O)[C@@H]2CCN(S(C)(=O)=O)c3cc(C)ccc3O2)c(OC)cc1Cl. The second-order valence-electron chi connectivity index (χ2n) is 6.88. The Labute approximate surface area is 180 Å². The molecule has 0 unspecified atom stereocenters. The average Bonchev–Trinajstić information content (AvgIpc) is 2.88. The van der Waals surface area contributed by atoms with Gasteiger partial charge in [-0.3, -0.25) is 9.10 Å². The van der Waals surface area contributed by atoms with Crippen molar-refractivity contribution >= 4 is 38.9 Å². The van der Waals surface area contributed by atoms with Crippen molar-refractivity contribution in [1.82, 2.24) is 0 Å². The first kappa shape index (κ1) is 22.0. The molecule has 1 N–H and O–H groups in total. The lowest BCUT2D eigenvalue weighted by Gasteiger charge is -2.21. The highest BCUT2D eigenvalue weighted by Crippen LogP contribution is 2.37. The highest BCUT2D eigenvalue weighted by Gasteiger charge is 2.31. The van der Waals surface area contributed by atoms with Crippen molar-refractivity contribution < 1.29 is 27.4 Å². The number of halogens is 1. The lowest BCUT2D eigenvalue weighted by atomic mass is 10.2. The van der Waals surface area contributed by atoms with E-state index in [0.29, 0.717) is 33.6 Å².